The molecule has 0 aromatic heterocycles. The zero-order valence-corrected chi connectivity index (χ0v) is 13.6. The van der Waals surface area contributed by atoms with Crippen molar-refractivity contribution in [1.29, 1.82) is 0 Å². The van der Waals surface area contributed by atoms with E-state index in [-0.39, 0.29) is 5.41 Å². The first kappa shape index (κ1) is 18.0. The van der Waals surface area contributed by atoms with Crippen molar-refractivity contribution in [3.8, 4) is 0 Å². The molecule has 0 amide bonds. The van der Waals surface area contributed by atoms with E-state index in [1.807, 2.05) is 0 Å². The smallest absolute Gasteiger partial charge is 0.00206 e. The lowest BCUT2D eigenvalue weighted by Gasteiger charge is -2.44. The third-order valence-electron chi connectivity index (χ3n) is 5.06. The Morgan fingerprint density at radius 1 is 0.722 bits per heavy atom. The summed E-state index contributed by atoms with van der Waals surface area (Å²) in [6.45, 7) is 12.6. The summed E-state index contributed by atoms with van der Waals surface area (Å²) in [5.41, 5.74) is 6.71. The number of rotatable bonds is 11. The van der Waals surface area contributed by atoms with Gasteiger partial charge in [-0.05, 0) is 30.2 Å². The van der Waals surface area contributed by atoms with E-state index in [2.05, 4.69) is 34.6 Å². The van der Waals surface area contributed by atoms with Gasteiger partial charge in [0.15, 0.2) is 0 Å². The van der Waals surface area contributed by atoms with E-state index in [0.717, 1.165) is 6.54 Å². The number of hydrogen-bond acceptors (Lipinski definition) is 1. The fraction of sp³-hybridized carbons (Fsp3) is 1.00. The lowest BCUT2D eigenvalue weighted by Crippen LogP contribution is -2.41. The molecule has 0 aliphatic rings. The molecule has 1 unspecified atom stereocenters. The van der Waals surface area contributed by atoms with Crippen molar-refractivity contribution in [2.75, 3.05) is 6.54 Å². The molecule has 2 N–H and O–H groups in total. The highest BCUT2D eigenvalue weighted by Gasteiger charge is 2.38. The lowest BCUT2D eigenvalue weighted by molar-refractivity contribution is 0.0686. The van der Waals surface area contributed by atoms with Crippen LogP contribution in [0.5, 0.6) is 0 Å². The summed E-state index contributed by atoms with van der Waals surface area (Å²) in [7, 11) is 0. The normalized spacial score (nSPS) is 15.7. The summed E-state index contributed by atoms with van der Waals surface area (Å²) >= 11 is 0. The maximum Gasteiger partial charge on any atom is -0.00206 e. The van der Waals surface area contributed by atoms with Crippen LogP contribution in [-0.4, -0.2) is 6.54 Å². The van der Waals surface area contributed by atoms with Crippen LogP contribution >= 0.6 is 0 Å². The Balaban J connectivity index is 4.30. The molecule has 0 aliphatic heterocycles. The quantitative estimate of drug-likeness (QED) is 0.483. The van der Waals surface area contributed by atoms with Crippen LogP contribution in [0.25, 0.3) is 0 Å². The molecule has 0 aliphatic carbocycles. The summed E-state index contributed by atoms with van der Waals surface area (Å²) in [5, 5.41) is 0. The monoisotopic (exact) mass is 255 g/mol. The van der Waals surface area contributed by atoms with Crippen LogP contribution in [0.3, 0.4) is 0 Å². The molecule has 0 rings (SSSR count). The largest absolute Gasteiger partial charge is 0.330 e. The van der Waals surface area contributed by atoms with Gasteiger partial charge in [0.25, 0.3) is 0 Å². The fourth-order valence-corrected chi connectivity index (χ4v) is 2.73. The predicted octanol–water partition coefficient (Wildman–Crippen LogP) is 5.53. The lowest BCUT2D eigenvalue weighted by atomic mass is 9.62. The molecular weight excluding hydrogens is 218 g/mol. The third-order valence-corrected chi connectivity index (χ3v) is 5.06. The second-order valence-corrected chi connectivity index (χ2v) is 6.92. The summed E-state index contributed by atoms with van der Waals surface area (Å²) in [4.78, 5) is 0. The van der Waals surface area contributed by atoms with E-state index < -0.39 is 0 Å². The van der Waals surface area contributed by atoms with Crippen LogP contribution in [0.2, 0.25) is 0 Å². The Labute approximate surface area is 116 Å². The minimum Gasteiger partial charge on any atom is -0.330 e. The van der Waals surface area contributed by atoms with Crippen LogP contribution in [0, 0.1) is 10.8 Å². The first-order valence-corrected chi connectivity index (χ1v) is 8.13. The summed E-state index contributed by atoms with van der Waals surface area (Å²) in [6, 6.07) is 0. The van der Waals surface area contributed by atoms with Gasteiger partial charge in [-0.2, -0.15) is 0 Å². The van der Waals surface area contributed by atoms with Crippen molar-refractivity contribution in [3.05, 3.63) is 0 Å². The average molecular weight is 255 g/mol. The summed E-state index contributed by atoms with van der Waals surface area (Å²) in [5.74, 6) is 0. The van der Waals surface area contributed by atoms with Gasteiger partial charge in [0.2, 0.25) is 0 Å². The predicted molar refractivity (Wildman–Crippen MR) is 83.8 cm³/mol. The van der Waals surface area contributed by atoms with Crippen LogP contribution in [-0.2, 0) is 0 Å². The molecular formula is C17H37N. The van der Waals surface area contributed by atoms with Gasteiger partial charge in [-0.15, -0.1) is 0 Å². The van der Waals surface area contributed by atoms with Crippen molar-refractivity contribution in [3.63, 3.8) is 0 Å². The highest BCUT2D eigenvalue weighted by atomic mass is 14.6. The molecule has 0 aromatic carbocycles. The minimum absolute atomic E-state index is 0.271. The van der Waals surface area contributed by atoms with E-state index in [1.54, 1.807) is 0 Å². The van der Waals surface area contributed by atoms with Crippen LogP contribution in [0.4, 0.5) is 0 Å². The second-order valence-electron chi connectivity index (χ2n) is 6.92. The Morgan fingerprint density at radius 2 is 1.22 bits per heavy atom. The molecule has 0 spiro atoms. The molecule has 1 atom stereocenters. The van der Waals surface area contributed by atoms with Gasteiger partial charge >= 0.3 is 0 Å². The van der Waals surface area contributed by atoms with Gasteiger partial charge in [0, 0.05) is 0 Å². The van der Waals surface area contributed by atoms with Crippen molar-refractivity contribution in [1.82, 2.24) is 0 Å². The molecule has 0 aromatic rings. The number of nitrogens with two attached hydrogens (primary N) is 1. The Hall–Kier alpha value is -0.0400. The third kappa shape index (κ3) is 5.73. The summed E-state index contributed by atoms with van der Waals surface area (Å²) in [6.07, 6.45) is 12.2. The highest BCUT2D eigenvalue weighted by molar-refractivity contribution is 4.90. The average Bonchev–Trinajstić information content (AvgIpc) is 2.36. The topological polar surface area (TPSA) is 26.0 Å². The van der Waals surface area contributed by atoms with Gasteiger partial charge in [-0.1, -0.05) is 79.6 Å². The van der Waals surface area contributed by atoms with Gasteiger partial charge in [-0.25, -0.2) is 0 Å². The Kier molecular flexibility index (Phi) is 8.94. The van der Waals surface area contributed by atoms with Crippen LogP contribution in [0.15, 0.2) is 0 Å². The van der Waals surface area contributed by atoms with Crippen LogP contribution in [0.1, 0.15) is 92.4 Å². The molecule has 1 nitrogen and oxygen atoms in total. The molecule has 0 fully saturated rings. The summed E-state index contributed by atoms with van der Waals surface area (Å²) < 4.78 is 0. The SMILES string of the molecule is CCCCCCCC(C)(CCCC)C(C)(C)CN. The standard InChI is InChI=1S/C17H37N/c1-6-8-10-11-12-14-17(5,13-9-7-2)16(3,4)15-18/h6-15,18H2,1-5H3. The van der Waals surface area contributed by atoms with E-state index in [1.165, 1.54) is 57.8 Å². The van der Waals surface area contributed by atoms with E-state index in [4.69, 9.17) is 5.73 Å². The Morgan fingerprint density at radius 3 is 1.72 bits per heavy atom. The number of hydrogen-bond donors (Lipinski definition) is 1. The van der Waals surface area contributed by atoms with Gasteiger partial charge in [0.1, 0.15) is 0 Å². The fourth-order valence-electron chi connectivity index (χ4n) is 2.73. The molecule has 0 saturated heterocycles. The van der Waals surface area contributed by atoms with Crippen molar-refractivity contribution in [2.24, 2.45) is 16.6 Å². The van der Waals surface area contributed by atoms with Gasteiger partial charge in [-0.3, -0.25) is 0 Å². The van der Waals surface area contributed by atoms with E-state index >= 15 is 0 Å². The number of unbranched alkanes of at least 4 members (excludes halogenated alkanes) is 5. The highest BCUT2D eigenvalue weighted by Crippen LogP contribution is 2.46. The first-order chi connectivity index (χ1) is 8.43. The van der Waals surface area contributed by atoms with Crippen molar-refractivity contribution >= 4 is 0 Å². The molecule has 18 heavy (non-hydrogen) atoms. The van der Waals surface area contributed by atoms with Gasteiger partial charge < -0.3 is 5.73 Å². The zero-order chi connectivity index (χ0) is 14.1. The molecule has 110 valence electrons. The first-order valence-electron chi connectivity index (χ1n) is 8.13. The minimum atomic E-state index is 0.271. The van der Waals surface area contributed by atoms with Crippen LogP contribution < -0.4 is 5.73 Å². The molecule has 1 heteroatoms. The van der Waals surface area contributed by atoms with Crippen molar-refractivity contribution in [2.45, 2.75) is 92.4 Å². The molecule has 0 saturated carbocycles. The van der Waals surface area contributed by atoms with E-state index in [0.29, 0.717) is 5.41 Å². The maximum absolute atomic E-state index is 6.02. The van der Waals surface area contributed by atoms with Gasteiger partial charge in [0.05, 0.1) is 0 Å². The molecule has 0 radical (unpaired) electrons. The zero-order valence-electron chi connectivity index (χ0n) is 13.6. The van der Waals surface area contributed by atoms with E-state index in [9.17, 15) is 0 Å². The second kappa shape index (κ2) is 8.96. The molecule has 0 heterocycles. The van der Waals surface area contributed by atoms with Crippen molar-refractivity contribution < 1.29 is 0 Å². The molecule has 0 bridgehead atoms. The Bertz CT molecular complexity index is 198. The maximum atomic E-state index is 6.02.